The zero-order valence-electron chi connectivity index (χ0n) is 15.1. The van der Waals surface area contributed by atoms with E-state index in [-0.39, 0.29) is 0 Å². The Morgan fingerprint density at radius 2 is 2.00 bits per heavy atom. The third-order valence-corrected chi connectivity index (χ3v) is 5.48. The largest absolute Gasteiger partial charge is 0.350 e. The van der Waals surface area contributed by atoms with Gasteiger partial charge in [0.15, 0.2) is 0 Å². The van der Waals surface area contributed by atoms with E-state index in [0.717, 1.165) is 29.8 Å². The molecule has 0 amide bonds. The standard InChI is InChI=1S/C20H26N4O/c1-23(15-8-4-3-5-9-15)13-12-19-21-20(22-25-19)17-14-24(2)18-11-7-6-10-16(17)18/h6-7,10-11,14-15H,3-5,8-9,12-13H2,1-2H3. The van der Waals surface area contributed by atoms with Crippen LogP contribution in [0, 0.1) is 0 Å². The van der Waals surface area contributed by atoms with Crippen molar-refractivity contribution in [2.45, 2.75) is 44.6 Å². The third-order valence-electron chi connectivity index (χ3n) is 5.48. The average Bonchev–Trinajstić information content (AvgIpc) is 3.25. The number of hydrogen-bond donors (Lipinski definition) is 0. The fourth-order valence-electron chi connectivity index (χ4n) is 3.96. The summed E-state index contributed by atoms with van der Waals surface area (Å²) in [6.07, 6.45) is 9.64. The number of aromatic nitrogens is 3. The van der Waals surface area contributed by atoms with E-state index in [1.165, 1.54) is 37.6 Å². The maximum absolute atomic E-state index is 5.52. The van der Waals surface area contributed by atoms with Gasteiger partial charge in [0.2, 0.25) is 11.7 Å². The number of nitrogens with zero attached hydrogens (tertiary/aromatic N) is 4. The topological polar surface area (TPSA) is 47.1 Å². The fourth-order valence-corrected chi connectivity index (χ4v) is 3.96. The highest BCUT2D eigenvalue weighted by Gasteiger charge is 2.19. The molecule has 0 spiro atoms. The average molecular weight is 338 g/mol. The van der Waals surface area contributed by atoms with Gasteiger partial charge in [-0.1, -0.05) is 42.6 Å². The Hall–Kier alpha value is -2.14. The van der Waals surface area contributed by atoms with E-state index in [1.54, 1.807) is 0 Å². The van der Waals surface area contributed by atoms with Crippen LogP contribution in [-0.4, -0.2) is 39.2 Å². The van der Waals surface area contributed by atoms with Gasteiger partial charge in [0.1, 0.15) is 0 Å². The predicted octanol–water partition coefficient (Wildman–Crippen LogP) is 4.04. The molecule has 0 N–H and O–H groups in total. The van der Waals surface area contributed by atoms with E-state index in [0.29, 0.717) is 11.9 Å². The summed E-state index contributed by atoms with van der Waals surface area (Å²) in [6, 6.07) is 9.03. The Labute approximate surface area is 148 Å². The predicted molar refractivity (Wildman–Crippen MR) is 99.4 cm³/mol. The van der Waals surface area contributed by atoms with E-state index < -0.39 is 0 Å². The summed E-state index contributed by atoms with van der Waals surface area (Å²) in [4.78, 5) is 7.10. The molecule has 4 rings (SSSR count). The highest BCUT2D eigenvalue weighted by atomic mass is 16.5. The summed E-state index contributed by atoms with van der Waals surface area (Å²) < 4.78 is 7.63. The van der Waals surface area contributed by atoms with Gasteiger partial charge in [0.25, 0.3) is 0 Å². The van der Waals surface area contributed by atoms with Gasteiger partial charge in [-0.15, -0.1) is 0 Å². The minimum absolute atomic E-state index is 0.687. The molecule has 1 fully saturated rings. The van der Waals surface area contributed by atoms with Crippen molar-refractivity contribution in [1.82, 2.24) is 19.6 Å². The first kappa shape index (κ1) is 16.3. The van der Waals surface area contributed by atoms with Crippen molar-refractivity contribution >= 4 is 10.9 Å². The fraction of sp³-hybridized carbons (Fsp3) is 0.500. The molecule has 0 saturated heterocycles. The van der Waals surface area contributed by atoms with Gasteiger partial charge in [0.05, 0.1) is 0 Å². The number of likely N-dealkylation sites (N-methyl/N-ethyl adjacent to an activating group) is 1. The third kappa shape index (κ3) is 3.33. The van der Waals surface area contributed by atoms with Gasteiger partial charge < -0.3 is 14.0 Å². The molecule has 5 nitrogen and oxygen atoms in total. The number of para-hydroxylation sites is 1. The van der Waals surface area contributed by atoms with Crippen LogP contribution in [0.5, 0.6) is 0 Å². The molecule has 0 atom stereocenters. The molecule has 0 aliphatic heterocycles. The van der Waals surface area contributed by atoms with E-state index in [4.69, 9.17) is 4.52 Å². The lowest BCUT2D eigenvalue weighted by atomic mass is 9.94. The lowest BCUT2D eigenvalue weighted by Gasteiger charge is -2.30. The molecule has 1 saturated carbocycles. The molecule has 2 heterocycles. The lowest BCUT2D eigenvalue weighted by molar-refractivity contribution is 0.188. The van der Waals surface area contributed by atoms with Crippen LogP contribution >= 0.6 is 0 Å². The minimum Gasteiger partial charge on any atom is -0.350 e. The summed E-state index contributed by atoms with van der Waals surface area (Å²) in [7, 11) is 4.27. The maximum Gasteiger partial charge on any atom is 0.228 e. The van der Waals surface area contributed by atoms with Gasteiger partial charge >= 0.3 is 0 Å². The molecule has 0 unspecified atom stereocenters. The molecule has 0 bridgehead atoms. The summed E-state index contributed by atoms with van der Waals surface area (Å²) in [6.45, 7) is 0.974. The van der Waals surface area contributed by atoms with Gasteiger partial charge in [0, 0.05) is 48.7 Å². The molecule has 1 aromatic carbocycles. The number of rotatable bonds is 5. The molecular weight excluding hydrogens is 312 g/mol. The highest BCUT2D eigenvalue weighted by Crippen LogP contribution is 2.28. The van der Waals surface area contributed by atoms with Crippen LogP contribution in [0.4, 0.5) is 0 Å². The van der Waals surface area contributed by atoms with E-state index in [9.17, 15) is 0 Å². The molecule has 3 aromatic rings. The molecule has 132 valence electrons. The molecule has 0 radical (unpaired) electrons. The Morgan fingerprint density at radius 1 is 1.20 bits per heavy atom. The summed E-state index contributed by atoms with van der Waals surface area (Å²) >= 11 is 0. The summed E-state index contributed by atoms with van der Waals surface area (Å²) in [5.74, 6) is 1.41. The van der Waals surface area contributed by atoms with E-state index in [2.05, 4.69) is 51.1 Å². The van der Waals surface area contributed by atoms with Gasteiger partial charge in [-0.05, 0) is 26.0 Å². The van der Waals surface area contributed by atoms with Crippen LogP contribution in [-0.2, 0) is 13.5 Å². The first-order valence-corrected chi connectivity index (χ1v) is 9.29. The van der Waals surface area contributed by atoms with Crippen molar-refractivity contribution in [3.05, 3.63) is 36.4 Å². The number of benzene rings is 1. The van der Waals surface area contributed by atoms with Crippen molar-refractivity contribution in [1.29, 1.82) is 0 Å². The Morgan fingerprint density at radius 3 is 2.84 bits per heavy atom. The smallest absolute Gasteiger partial charge is 0.228 e. The molecule has 5 heteroatoms. The molecule has 2 aromatic heterocycles. The lowest BCUT2D eigenvalue weighted by Crippen LogP contribution is -2.34. The summed E-state index contributed by atoms with van der Waals surface area (Å²) in [5.41, 5.74) is 2.22. The van der Waals surface area contributed by atoms with Crippen molar-refractivity contribution in [3.63, 3.8) is 0 Å². The Balaban J connectivity index is 1.46. The number of hydrogen-bond acceptors (Lipinski definition) is 4. The number of aryl methyl sites for hydroxylation is 1. The first-order valence-electron chi connectivity index (χ1n) is 9.29. The Kier molecular flexibility index (Phi) is 4.57. The van der Waals surface area contributed by atoms with Gasteiger partial charge in [-0.2, -0.15) is 4.98 Å². The zero-order valence-corrected chi connectivity index (χ0v) is 15.1. The van der Waals surface area contributed by atoms with Crippen LogP contribution in [0.2, 0.25) is 0 Å². The van der Waals surface area contributed by atoms with Gasteiger partial charge in [-0.25, -0.2) is 0 Å². The van der Waals surface area contributed by atoms with E-state index >= 15 is 0 Å². The molecule has 1 aliphatic carbocycles. The number of fused-ring (bicyclic) bond motifs is 1. The van der Waals surface area contributed by atoms with Crippen molar-refractivity contribution in [2.75, 3.05) is 13.6 Å². The van der Waals surface area contributed by atoms with Crippen LogP contribution in [0.1, 0.15) is 38.0 Å². The maximum atomic E-state index is 5.52. The highest BCUT2D eigenvalue weighted by molar-refractivity contribution is 5.94. The monoisotopic (exact) mass is 338 g/mol. The molecular formula is C20H26N4O. The van der Waals surface area contributed by atoms with Crippen LogP contribution in [0.15, 0.2) is 35.0 Å². The SMILES string of the molecule is CN(CCc1nc(-c2cn(C)c3ccccc23)no1)C1CCCCC1. The normalized spacial score (nSPS) is 16.1. The molecule has 25 heavy (non-hydrogen) atoms. The second-order valence-electron chi connectivity index (χ2n) is 7.20. The van der Waals surface area contributed by atoms with E-state index in [1.807, 2.05) is 13.1 Å². The minimum atomic E-state index is 0.687. The van der Waals surface area contributed by atoms with Crippen molar-refractivity contribution in [3.8, 4) is 11.4 Å². The zero-order chi connectivity index (χ0) is 17.2. The van der Waals surface area contributed by atoms with Gasteiger partial charge in [-0.3, -0.25) is 0 Å². The molecule has 1 aliphatic rings. The van der Waals surface area contributed by atoms with Crippen molar-refractivity contribution in [2.24, 2.45) is 7.05 Å². The second-order valence-corrected chi connectivity index (χ2v) is 7.20. The van der Waals surface area contributed by atoms with Crippen LogP contribution in [0.25, 0.3) is 22.3 Å². The van der Waals surface area contributed by atoms with Crippen LogP contribution in [0.3, 0.4) is 0 Å². The van der Waals surface area contributed by atoms with Crippen molar-refractivity contribution < 1.29 is 4.52 Å². The Bertz CT molecular complexity index is 844. The first-order chi connectivity index (χ1) is 12.2. The quantitative estimate of drug-likeness (QED) is 0.704. The van der Waals surface area contributed by atoms with Crippen LogP contribution < -0.4 is 0 Å². The summed E-state index contributed by atoms with van der Waals surface area (Å²) in [5, 5.41) is 5.39. The second kappa shape index (κ2) is 7.00.